The minimum atomic E-state index is -0.114. The summed E-state index contributed by atoms with van der Waals surface area (Å²) in [6, 6.07) is 9.96. The molecule has 1 atom stereocenters. The highest BCUT2D eigenvalue weighted by Crippen LogP contribution is 2.35. The van der Waals surface area contributed by atoms with Crippen molar-refractivity contribution in [2.24, 2.45) is 5.73 Å². The van der Waals surface area contributed by atoms with Crippen LogP contribution in [0.5, 0.6) is 11.6 Å². The quantitative estimate of drug-likeness (QED) is 0.902. The van der Waals surface area contributed by atoms with Crippen LogP contribution in [-0.4, -0.2) is 4.98 Å². The monoisotopic (exact) mass is 284 g/mol. The Morgan fingerprint density at radius 1 is 1.19 bits per heavy atom. The van der Waals surface area contributed by atoms with Gasteiger partial charge in [-0.2, -0.15) is 0 Å². The highest BCUT2D eigenvalue weighted by atomic mass is 16.5. The van der Waals surface area contributed by atoms with E-state index in [9.17, 15) is 0 Å². The molecule has 112 valence electrons. The Morgan fingerprint density at radius 3 is 2.52 bits per heavy atom. The molecule has 0 aliphatic heterocycles. The smallest absolute Gasteiger partial charge is 0.223 e. The molecule has 0 bridgehead atoms. The summed E-state index contributed by atoms with van der Waals surface area (Å²) in [6.45, 7) is 10.6. The second kappa shape index (κ2) is 5.86. The Labute approximate surface area is 127 Å². The summed E-state index contributed by atoms with van der Waals surface area (Å²) in [5, 5.41) is 0. The third-order valence-corrected chi connectivity index (χ3v) is 3.44. The minimum absolute atomic E-state index is 0.00459. The van der Waals surface area contributed by atoms with Crippen LogP contribution in [0.25, 0.3) is 0 Å². The SMILES string of the molecule is Cc1ccc(Oc2ncccc2[C@H](C)N)c(C(C)(C)C)c1. The molecule has 0 radical (unpaired) electrons. The Balaban J connectivity index is 2.46. The van der Waals surface area contributed by atoms with Gasteiger partial charge in [-0.1, -0.05) is 44.5 Å². The van der Waals surface area contributed by atoms with E-state index in [0.717, 1.165) is 11.3 Å². The molecule has 3 heteroatoms. The van der Waals surface area contributed by atoms with Crippen LogP contribution in [-0.2, 0) is 5.41 Å². The Hall–Kier alpha value is -1.87. The fourth-order valence-corrected chi connectivity index (χ4v) is 2.26. The first-order valence-corrected chi connectivity index (χ1v) is 7.28. The average Bonchev–Trinajstić information content (AvgIpc) is 2.40. The Kier molecular flexibility index (Phi) is 4.33. The molecular weight excluding hydrogens is 260 g/mol. The van der Waals surface area contributed by atoms with Gasteiger partial charge in [0.15, 0.2) is 0 Å². The number of benzene rings is 1. The lowest BCUT2D eigenvalue weighted by molar-refractivity contribution is 0.431. The molecule has 0 saturated carbocycles. The average molecular weight is 284 g/mol. The van der Waals surface area contributed by atoms with Crippen molar-refractivity contribution in [3.8, 4) is 11.6 Å². The molecule has 0 aliphatic carbocycles. The van der Waals surface area contributed by atoms with Gasteiger partial charge in [-0.15, -0.1) is 0 Å². The Bertz CT molecular complexity index is 627. The molecule has 3 nitrogen and oxygen atoms in total. The van der Waals surface area contributed by atoms with Gasteiger partial charge in [0.25, 0.3) is 0 Å². The molecule has 0 amide bonds. The fraction of sp³-hybridized carbons (Fsp3) is 0.389. The molecular formula is C18H24N2O. The van der Waals surface area contributed by atoms with Crippen molar-refractivity contribution >= 4 is 0 Å². The van der Waals surface area contributed by atoms with Gasteiger partial charge in [0.05, 0.1) is 0 Å². The zero-order chi connectivity index (χ0) is 15.6. The van der Waals surface area contributed by atoms with E-state index in [1.165, 1.54) is 11.1 Å². The molecule has 0 fully saturated rings. The summed E-state index contributed by atoms with van der Waals surface area (Å²) < 4.78 is 6.09. The van der Waals surface area contributed by atoms with Gasteiger partial charge in [0.2, 0.25) is 5.88 Å². The molecule has 1 heterocycles. The van der Waals surface area contributed by atoms with Gasteiger partial charge in [-0.3, -0.25) is 0 Å². The maximum atomic E-state index is 6.09. The van der Waals surface area contributed by atoms with E-state index in [2.05, 4.69) is 44.8 Å². The van der Waals surface area contributed by atoms with Crippen LogP contribution in [0.4, 0.5) is 0 Å². The molecule has 0 spiro atoms. The molecule has 0 aliphatic rings. The number of pyridine rings is 1. The molecule has 0 unspecified atom stereocenters. The third kappa shape index (κ3) is 3.61. The molecule has 2 N–H and O–H groups in total. The van der Waals surface area contributed by atoms with Crippen LogP contribution >= 0.6 is 0 Å². The topological polar surface area (TPSA) is 48.1 Å². The standard InChI is InChI=1S/C18H24N2O/c1-12-8-9-16(15(11-12)18(3,4)5)21-17-14(13(2)19)7-6-10-20-17/h6-11,13H,19H2,1-5H3/t13-/m0/s1. The summed E-state index contributed by atoms with van der Waals surface area (Å²) >= 11 is 0. The van der Waals surface area contributed by atoms with E-state index in [4.69, 9.17) is 10.5 Å². The second-order valence-corrected chi connectivity index (χ2v) is 6.54. The van der Waals surface area contributed by atoms with Crippen LogP contribution < -0.4 is 10.5 Å². The van der Waals surface area contributed by atoms with E-state index < -0.39 is 0 Å². The number of hydrogen-bond acceptors (Lipinski definition) is 3. The zero-order valence-electron chi connectivity index (χ0n) is 13.5. The van der Waals surface area contributed by atoms with E-state index in [-0.39, 0.29) is 11.5 Å². The molecule has 1 aromatic heterocycles. The number of hydrogen-bond donors (Lipinski definition) is 1. The molecule has 1 aromatic carbocycles. The summed E-state index contributed by atoms with van der Waals surface area (Å²) in [5.74, 6) is 1.43. The highest BCUT2D eigenvalue weighted by molar-refractivity contribution is 5.44. The first-order valence-electron chi connectivity index (χ1n) is 7.28. The van der Waals surface area contributed by atoms with Crippen molar-refractivity contribution in [3.05, 3.63) is 53.2 Å². The summed E-state index contributed by atoms with van der Waals surface area (Å²) in [7, 11) is 0. The molecule has 21 heavy (non-hydrogen) atoms. The summed E-state index contributed by atoms with van der Waals surface area (Å²) in [4.78, 5) is 4.34. The normalized spacial score (nSPS) is 13.0. The summed E-state index contributed by atoms with van der Waals surface area (Å²) in [6.07, 6.45) is 1.73. The van der Waals surface area contributed by atoms with Crippen LogP contribution in [0.15, 0.2) is 36.5 Å². The van der Waals surface area contributed by atoms with E-state index >= 15 is 0 Å². The lowest BCUT2D eigenvalue weighted by atomic mass is 9.85. The van der Waals surface area contributed by atoms with Crippen molar-refractivity contribution in [2.45, 2.75) is 46.1 Å². The number of nitrogens with two attached hydrogens (primary N) is 1. The van der Waals surface area contributed by atoms with Gasteiger partial charge in [-0.25, -0.2) is 4.98 Å². The lowest BCUT2D eigenvalue weighted by Crippen LogP contribution is -2.14. The number of rotatable bonds is 3. The first-order chi connectivity index (χ1) is 9.79. The maximum absolute atomic E-state index is 6.09. The first kappa shape index (κ1) is 15.5. The zero-order valence-corrected chi connectivity index (χ0v) is 13.5. The van der Waals surface area contributed by atoms with Gasteiger partial charge >= 0.3 is 0 Å². The molecule has 0 saturated heterocycles. The molecule has 2 aromatic rings. The van der Waals surface area contributed by atoms with Crippen LogP contribution in [0.2, 0.25) is 0 Å². The maximum Gasteiger partial charge on any atom is 0.223 e. The number of aryl methyl sites for hydroxylation is 1. The molecule has 2 rings (SSSR count). The predicted octanol–water partition coefficient (Wildman–Crippen LogP) is 4.50. The fourth-order valence-electron chi connectivity index (χ4n) is 2.26. The Morgan fingerprint density at radius 2 is 1.90 bits per heavy atom. The van der Waals surface area contributed by atoms with Crippen LogP contribution in [0, 0.1) is 6.92 Å². The van der Waals surface area contributed by atoms with Crippen molar-refractivity contribution in [1.29, 1.82) is 0 Å². The number of nitrogens with zero attached hydrogens (tertiary/aromatic N) is 1. The van der Waals surface area contributed by atoms with Gasteiger partial charge in [-0.05, 0) is 31.4 Å². The lowest BCUT2D eigenvalue weighted by Gasteiger charge is -2.23. The van der Waals surface area contributed by atoms with Crippen LogP contribution in [0.1, 0.15) is 50.4 Å². The van der Waals surface area contributed by atoms with Crippen molar-refractivity contribution in [1.82, 2.24) is 4.98 Å². The van der Waals surface area contributed by atoms with Gasteiger partial charge in [0, 0.05) is 23.4 Å². The van der Waals surface area contributed by atoms with E-state index in [1.54, 1.807) is 6.20 Å². The number of aromatic nitrogens is 1. The minimum Gasteiger partial charge on any atom is -0.438 e. The van der Waals surface area contributed by atoms with E-state index in [0.29, 0.717) is 5.88 Å². The summed E-state index contributed by atoms with van der Waals surface area (Å²) in [5.41, 5.74) is 9.31. The van der Waals surface area contributed by atoms with Crippen LogP contribution in [0.3, 0.4) is 0 Å². The number of ether oxygens (including phenoxy) is 1. The van der Waals surface area contributed by atoms with Gasteiger partial charge in [0.1, 0.15) is 5.75 Å². The predicted molar refractivity (Wildman–Crippen MR) is 86.8 cm³/mol. The largest absolute Gasteiger partial charge is 0.438 e. The highest BCUT2D eigenvalue weighted by Gasteiger charge is 2.20. The van der Waals surface area contributed by atoms with E-state index in [1.807, 2.05) is 25.1 Å². The third-order valence-electron chi connectivity index (χ3n) is 3.44. The second-order valence-electron chi connectivity index (χ2n) is 6.54. The van der Waals surface area contributed by atoms with Crippen molar-refractivity contribution in [3.63, 3.8) is 0 Å². The van der Waals surface area contributed by atoms with Crippen molar-refractivity contribution < 1.29 is 4.74 Å². The van der Waals surface area contributed by atoms with Crippen molar-refractivity contribution in [2.75, 3.05) is 0 Å². The van der Waals surface area contributed by atoms with Gasteiger partial charge < -0.3 is 10.5 Å².